The van der Waals surface area contributed by atoms with Gasteiger partial charge in [0.15, 0.2) is 0 Å². The number of unbranched alkanes of at least 4 members (excludes halogenated alkanes) is 1. The van der Waals surface area contributed by atoms with Gasteiger partial charge in [0.05, 0.1) is 12.3 Å². The maximum absolute atomic E-state index is 5.90. The van der Waals surface area contributed by atoms with Gasteiger partial charge in [-0.25, -0.2) is 0 Å². The molecule has 0 aromatic heterocycles. The SMILES string of the molecule is CCCCOc1cc(Br)ccc1C=Nc1ccc(-c2ccccc2)cc1. The first-order valence-electron chi connectivity index (χ1n) is 8.88. The lowest BCUT2D eigenvalue weighted by Gasteiger charge is -2.09. The molecule has 0 aliphatic rings. The van der Waals surface area contributed by atoms with Crippen molar-refractivity contribution in [1.82, 2.24) is 0 Å². The molecule has 3 aromatic carbocycles. The Labute approximate surface area is 163 Å². The predicted molar refractivity (Wildman–Crippen MR) is 114 cm³/mol. The zero-order chi connectivity index (χ0) is 18.2. The van der Waals surface area contributed by atoms with Crippen molar-refractivity contribution >= 4 is 27.8 Å². The molecule has 0 atom stereocenters. The van der Waals surface area contributed by atoms with E-state index in [1.165, 1.54) is 11.1 Å². The second-order valence-corrected chi connectivity index (χ2v) is 6.97. The first kappa shape index (κ1) is 18.4. The van der Waals surface area contributed by atoms with Crippen LogP contribution in [0.15, 0.2) is 82.3 Å². The molecule has 3 aromatic rings. The maximum Gasteiger partial charge on any atom is 0.129 e. The van der Waals surface area contributed by atoms with Crippen molar-refractivity contribution in [3.05, 3.63) is 82.8 Å². The minimum absolute atomic E-state index is 0.722. The van der Waals surface area contributed by atoms with E-state index in [0.29, 0.717) is 0 Å². The minimum Gasteiger partial charge on any atom is -0.493 e. The maximum atomic E-state index is 5.90. The summed E-state index contributed by atoms with van der Waals surface area (Å²) in [5, 5.41) is 0. The van der Waals surface area contributed by atoms with Gasteiger partial charge in [-0.15, -0.1) is 0 Å². The van der Waals surface area contributed by atoms with Gasteiger partial charge in [-0.3, -0.25) is 4.99 Å². The molecule has 0 fully saturated rings. The van der Waals surface area contributed by atoms with Gasteiger partial charge < -0.3 is 4.74 Å². The number of aliphatic imine (C=N–C) groups is 1. The van der Waals surface area contributed by atoms with Gasteiger partial charge in [0, 0.05) is 16.3 Å². The minimum atomic E-state index is 0.722. The van der Waals surface area contributed by atoms with Crippen molar-refractivity contribution in [2.24, 2.45) is 4.99 Å². The molecule has 0 bridgehead atoms. The normalized spacial score (nSPS) is 11.0. The summed E-state index contributed by atoms with van der Waals surface area (Å²) in [6.45, 7) is 2.88. The van der Waals surface area contributed by atoms with E-state index in [1.807, 2.05) is 42.6 Å². The van der Waals surface area contributed by atoms with Crippen molar-refractivity contribution in [1.29, 1.82) is 0 Å². The predicted octanol–water partition coefficient (Wildman–Crippen LogP) is 7.05. The van der Waals surface area contributed by atoms with Crippen LogP contribution in [0, 0.1) is 0 Å². The second-order valence-electron chi connectivity index (χ2n) is 6.06. The molecule has 0 amide bonds. The summed E-state index contributed by atoms with van der Waals surface area (Å²) in [6.07, 6.45) is 4.03. The van der Waals surface area contributed by atoms with Gasteiger partial charge in [-0.2, -0.15) is 0 Å². The van der Waals surface area contributed by atoms with Gasteiger partial charge >= 0.3 is 0 Å². The number of hydrogen-bond acceptors (Lipinski definition) is 2. The van der Waals surface area contributed by atoms with Crippen molar-refractivity contribution < 1.29 is 4.74 Å². The van der Waals surface area contributed by atoms with Crippen LogP contribution in [0.5, 0.6) is 5.75 Å². The summed E-state index contributed by atoms with van der Waals surface area (Å²) in [4.78, 5) is 4.61. The molecule has 0 spiro atoms. The number of ether oxygens (including phenoxy) is 1. The molecule has 26 heavy (non-hydrogen) atoms. The highest BCUT2D eigenvalue weighted by Gasteiger charge is 2.03. The Morgan fingerprint density at radius 2 is 1.65 bits per heavy atom. The Balaban J connectivity index is 1.75. The van der Waals surface area contributed by atoms with Crippen LogP contribution in [0.1, 0.15) is 25.3 Å². The fourth-order valence-corrected chi connectivity index (χ4v) is 2.92. The van der Waals surface area contributed by atoms with Crippen LogP contribution >= 0.6 is 15.9 Å². The molecule has 0 heterocycles. The quantitative estimate of drug-likeness (QED) is 0.303. The van der Waals surface area contributed by atoms with Crippen molar-refractivity contribution in [2.45, 2.75) is 19.8 Å². The molecule has 0 saturated carbocycles. The van der Waals surface area contributed by atoms with Gasteiger partial charge in [-0.05, 0) is 47.9 Å². The van der Waals surface area contributed by atoms with Crippen LogP contribution in [-0.4, -0.2) is 12.8 Å². The zero-order valence-corrected chi connectivity index (χ0v) is 16.4. The molecule has 0 N–H and O–H groups in total. The van der Waals surface area contributed by atoms with Gasteiger partial charge in [0.2, 0.25) is 0 Å². The van der Waals surface area contributed by atoms with E-state index in [0.717, 1.165) is 40.9 Å². The molecule has 0 saturated heterocycles. The molecule has 3 heteroatoms. The zero-order valence-electron chi connectivity index (χ0n) is 14.9. The number of nitrogens with zero attached hydrogens (tertiary/aromatic N) is 1. The van der Waals surface area contributed by atoms with Crippen molar-refractivity contribution in [3.8, 4) is 16.9 Å². The van der Waals surface area contributed by atoms with Crippen molar-refractivity contribution in [2.75, 3.05) is 6.61 Å². The number of rotatable bonds is 7. The van der Waals surface area contributed by atoms with Crippen LogP contribution in [0.3, 0.4) is 0 Å². The Morgan fingerprint density at radius 1 is 0.923 bits per heavy atom. The van der Waals surface area contributed by atoms with E-state index in [9.17, 15) is 0 Å². The smallest absolute Gasteiger partial charge is 0.129 e. The van der Waals surface area contributed by atoms with Crippen LogP contribution in [0.2, 0.25) is 0 Å². The van der Waals surface area contributed by atoms with Crippen molar-refractivity contribution in [3.63, 3.8) is 0 Å². The fraction of sp³-hybridized carbons (Fsp3) is 0.174. The third-order valence-electron chi connectivity index (χ3n) is 4.06. The summed E-state index contributed by atoms with van der Waals surface area (Å²) in [5.74, 6) is 0.859. The van der Waals surface area contributed by atoms with Crippen LogP contribution in [-0.2, 0) is 0 Å². The highest BCUT2D eigenvalue weighted by atomic mass is 79.9. The Hall–Kier alpha value is -2.39. The van der Waals surface area contributed by atoms with Gasteiger partial charge in [0.25, 0.3) is 0 Å². The summed E-state index contributed by atoms with van der Waals surface area (Å²) in [7, 11) is 0. The Bertz CT molecular complexity index is 857. The highest BCUT2D eigenvalue weighted by Crippen LogP contribution is 2.25. The average Bonchev–Trinajstić information content (AvgIpc) is 2.69. The molecule has 0 aliphatic carbocycles. The van der Waals surface area contributed by atoms with E-state index in [1.54, 1.807) is 0 Å². The molecule has 132 valence electrons. The van der Waals surface area contributed by atoms with E-state index < -0.39 is 0 Å². The Morgan fingerprint density at radius 3 is 2.38 bits per heavy atom. The lowest BCUT2D eigenvalue weighted by molar-refractivity contribution is 0.309. The van der Waals surface area contributed by atoms with E-state index in [-0.39, 0.29) is 0 Å². The molecule has 2 nitrogen and oxygen atoms in total. The average molecular weight is 408 g/mol. The molecular formula is C23H22BrNO. The van der Waals surface area contributed by atoms with Crippen LogP contribution in [0.25, 0.3) is 11.1 Å². The van der Waals surface area contributed by atoms with Crippen LogP contribution < -0.4 is 4.74 Å². The second kappa shape index (κ2) is 9.35. The van der Waals surface area contributed by atoms with E-state index >= 15 is 0 Å². The van der Waals surface area contributed by atoms with Crippen LogP contribution in [0.4, 0.5) is 5.69 Å². The van der Waals surface area contributed by atoms with Gasteiger partial charge in [0.1, 0.15) is 5.75 Å². The number of benzene rings is 3. The summed E-state index contributed by atoms with van der Waals surface area (Å²) in [5.41, 5.74) is 4.31. The first-order chi connectivity index (χ1) is 12.8. The van der Waals surface area contributed by atoms with Gasteiger partial charge in [-0.1, -0.05) is 71.7 Å². The topological polar surface area (TPSA) is 21.6 Å². The summed E-state index contributed by atoms with van der Waals surface area (Å²) < 4.78 is 6.91. The monoisotopic (exact) mass is 407 g/mol. The molecule has 0 aliphatic heterocycles. The molecule has 0 unspecified atom stereocenters. The highest BCUT2D eigenvalue weighted by molar-refractivity contribution is 9.10. The summed E-state index contributed by atoms with van der Waals surface area (Å²) >= 11 is 3.51. The molecule has 3 rings (SSSR count). The third kappa shape index (κ3) is 5.06. The first-order valence-corrected chi connectivity index (χ1v) is 9.67. The Kier molecular flexibility index (Phi) is 6.62. The summed E-state index contributed by atoms with van der Waals surface area (Å²) in [6, 6.07) is 24.6. The largest absolute Gasteiger partial charge is 0.493 e. The lowest BCUT2D eigenvalue weighted by Crippen LogP contribution is -1.99. The number of halogens is 1. The molecule has 0 radical (unpaired) electrons. The molecular weight excluding hydrogens is 386 g/mol. The van der Waals surface area contributed by atoms with E-state index in [2.05, 4.69) is 64.2 Å². The van der Waals surface area contributed by atoms with E-state index in [4.69, 9.17) is 4.74 Å². The number of hydrogen-bond donors (Lipinski definition) is 0. The fourth-order valence-electron chi connectivity index (χ4n) is 2.58. The third-order valence-corrected chi connectivity index (χ3v) is 4.55. The standard InChI is InChI=1S/C23H22BrNO/c1-2-3-15-26-23-16-21(24)12-9-20(23)17-25-22-13-10-19(11-14-22)18-7-5-4-6-8-18/h4-14,16-17H,2-3,15H2,1H3. The lowest BCUT2D eigenvalue weighted by atomic mass is 10.1.